The lowest BCUT2D eigenvalue weighted by molar-refractivity contribution is -0.126. The molecule has 3 N–H and O–H groups in total. The fourth-order valence-corrected chi connectivity index (χ4v) is 2.88. The van der Waals surface area contributed by atoms with E-state index >= 15 is 0 Å². The van der Waals surface area contributed by atoms with E-state index in [0.717, 1.165) is 42.9 Å². The molecule has 0 radical (unpaired) electrons. The number of amides is 1. The zero-order chi connectivity index (χ0) is 15.6. The van der Waals surface area contributed by atoms with Gasteiger partial charge in [-0.3, -0.25) is 9.36 Å². The Morgan fingerprint density at radius 1 is 1.36 bits per heavy atom. The highest BCUT2D eigenvalue weighted by Gasteiger charge is 2.36. The third kappa shape index (κ3) is 2.87. The van der Waals surface area contributed by atoms with E-state index in [-0.39, 0.29) is 5.91 Å². The lowest BCUT2D eigenvalue weighted by Gasteiger charge is -2.22. The van der Waals surface area contributed by atoms with Crippen molar-refractivity contribution < 1.29 is 4.79 Å². The summed E-state index contributed by atoms with van der Waals surface area (Å²) >= 11 is 0. The summed E-state index contributed by atoms with van der Waals surface area (Å²) in [6, 6.07) is 3.88. The van der Waals surface area contributed by atoms with Crippen LogP contribution in [0.4, 0.5) is 0 Å². The molecule has 22 heavy (non-hydrogen) atoms. The Hall–Kier alpha value is -2.21. The van der Waals surface area contributed by atoms with Crippen molar-refractivity contribution in [1.82, 2.24) is 19.9 Å². The Labute approximate surface area is 129 Å². The van der Waals surface area contributed by atoms with Gasteiger partial charge in [-0.25, -0.2) is 9.97 Å². The number of hydrogen-bond acceptors (Lipinski definition) is 4. The average Bonchev–Trinajstić information content (AvgIpc) is 3.15. The lowest BCUT2D eigenvalue weighted by atomic mass is 9.98. The normalized spacial score (nSPS) is 16.6. The van der Waals surface area contributed by atoms with E-state index in [2.05, 4.69) is 15.3 Å². The molecule has 1 aliphatic rings. The molecule has 6 heteroatoms. The topological polar surface area (TPSA) is 85.8 Å². The van der Waals surface area contributed by atoms with E-state index < -0.39 is 5.54 Å². The van der Waals surface area contributed by atoms with Crippen molar-refractivity contribution in [3.05, 3.63) is 42.1 Å². The summed E-state index contributed by atoms with van der Waals surface area (Å²) in [5.41, 5.74) is 6.41. The van der Waals surface area contributed by atoms with Crippen LogP contribution in [0.25, 0.3) is 5.82 Å². The van der Waals surface area contributed by atoms with Crippen LogP contribution in [-0.4, -0.2) is 26.0 Å². The van der Waals surface area contributed by atoms with Crippen LogP contribution in [0.3, 0.4) is 0 Å². The quantitative estimate of drug-likeness (QED) is 0.895. The van der Waals surface area contributed by atoms with Crippen molar-refractivity contribution in [2.75, 3.05) is 0 Å². The monoisotopic (exact) mass is 299 g/mol. The molecule has 2 aromatic rings. The molecular weight excluding hydrogens is 278 g/mol. The highest BCUT2D eigenvalue weighted by Crippen LogP contribution is 2.27. The number of aryl methyl sites for hydroxylation is 1. The smallest absolute Gasteiger partial charge is 0.240 e. The van der Waals surface area contributed by atoms with Gasteiger partial charge in [-0.1, -0.05) is 18.9 Å². The Morgan fingerprint density at radius 3 is 2.73 bits per heavy atom. The molecule has 0 aliphatic heterocycles. The van der Waals surface area contributed by atoms with Crippen LogP contribution in [0, 0.1) is 6.92 Å². The number of aromatic nitrogens is 3. The third-order valence-electron chi connectivity index (χ3n) is 4.28. The van der Waals surface area contributed by atoms with Crippen LogP contribution in [0.5, 0.6) is 0 Å². The minimum absolute atomic E-state index is 0.0560. The summed E-state index contributed by atoms with van der Waals surface area (Å²) in [5.74, 6) is 1.65. The molecule has 116 valence electrons. The number of nitrogens with zero attached hydrogens (tertiary/aromatic N) is 3. The molecule has 6 nitrogen and oxygen atoms in total. The summed E-state index contributed by atoms with van der Waals surface area (Å²) in [6.45, 7) is 2.38. The number of carbonyl (C=O) groups excluding carboxylic acids is 1. The largest absolute Gasteiger partial charge is 0.350 e. The van der Waals surface area contributed by atoms with E-state index in [4.69, 9.17) is 5.73 Å². The Bertz CT molecular complexity index is 655. The van der Waals surface area contributed by atoms with Crippen molar-refractivity contribution in [3.8, 4) is 5.82 Å². The highest BCUT2D eigenvalue weighted by atomic mass is 16.2. The molecule has 0 bridgehead atoms. The maximum Gasteiger partial charge on any atom is 0.240 e. The molecule has 1 aliphatic carbocycles. The first-order valence-corrected chi connectivity index (χ1v) is 7.61. The molecule has 0 aromatic carbocycles. The number of nitrogens with one attached hydrogen (secondary N) is 1. The van der Waals surface area contributed by atoms with Crippen LogP contribution < -0.4 is 11.1 Å². The maximum atomic E-state index is 12.2. The predicted octanol–water partition coefficient (Wildman–Crippen LogP) is 1.46. The molecular formula is C16H21N5O. The van der Waals surface area contributed by atoms with E-state index in [0.29, 0.717) is 6.54 Å². The summed E-state index contributed by atoms with van der Waals surface area (Å²) in [6.07, 6.45) is 9.00. The van der Waals surface area contributed by atoms with Gasteiger partial charge in [0.25, 0.3) is 0 Å². The number of hydrogen-bond donors (Lipinski definition) is 2. The predicted molar refractivity (Wildman–Crippen MR) is 83.3 cm³/mol. The molecule has 0 spiro atoms. The molecule has 2 aromatic heterocycles. The first-order chi connectivity index (χ1) is 10.6. The Kier molecular flexibility index (Phi) is 3.94. The Balaban J connectivity index is 1.62. The van der Waals surface area contributed by atoms with Gasteiger partial charge >= 0.3 is 0 Å². The van der Waals surface area contributed by atoms with E-state index in [1.54, 1.807) is 12.4 Å². The van der Waals surface area contributed by atoms with Crippen LogP contribution >= 0.6 is 0 Å². The zero-order valence-electron chi connectivity index (χ0n) is 12.7. The first-order valence-electron chi connectivity index (χ1n) is 7.61. The summed E-state index contributed by atoms with van der Waals surface area (Å²) in [7, 11) is 0. The van der Waals surface area contributed by atoms with E-state index in [1.165, 1.54) is 0 Å². The molecule has 3 rings (SSSR count). The molecule has 0 unspecified atom stereocenters. The second kappa shape index (κ2) is 5.88. The fraction of sp³-hybridized carbons (Fsp3) is 0.438. The molecule has 0 atom stereocenters. The molecule has 1 saturated carbocycles. The van der Waals surface area contributed by atoms with Crippen LogP contribution in [-0.2, 0) is 11.3 Å². The number of nitrogens with two attached hydrogens (primary N) is 1. The number of rotatable bonds is 4. The highest BCUT2D eigenvalue weighted by molar-refractivity contribution is 5.86. The summed E-state index contributed by atoms with van der Waals surface area (Å²) in [4.78, 5) is 20.8. The molecule has 1 fully saturated rings. The molecule has 1 amide bonds. The van der Waals surface area contributed by atoms with Gasteiger partial charge in [-0.2, -0.15) is 0 Å². The summed E-state index contributed by atoms with van der Waals surface area (Å²) in [5, 5.41) is 2.92. The molecule has 0 saturated heterocycles. The van der Waals surface area contributed by atoms with Gasteiger partial charge in [0.15, 0.2) is 0 Å². The fourth-order valence-electron chi connectivity index (χ4n) is 2.88. The van der Waals surface area contributed by atoms with Crippen LogP contribution in [0.15, 0.2) is 30.7 Å². The van der Waals surface area contributed by atoms with Gasteiger partial charge in [0.05, 0.1) is 5.54 Å². The van der Waals surface area contributed by atoms with Gasteiger partial charge in [0.2, 0.25) is 5.91 Å². The van der Waals surface area contributed by atoms with Crippen LogP contribution in [0.2, 0.25) is 0 Å². The van der Waals surface area contributed by atoms with Crippen molar-refractivity contribution in [1.29, 1.82) is 0 Å². The summed E-state index contributed by atoms with van der Waals surface area (Å²) < 4.78 is 1.91. The van der Waals surface area contributed by atoms with Gasteiger partial charge in [-0.05, 0) is 31.4 Å². The van der Waals surface area contributed by atoms with E-state index in [1.807, 2.05) is 29.8 Å². The SMILES string of the molecule is Cc1nccn1-c1ccc(CNC(=O)C2(N)CCCC2)cn1. The maximum absolute atomic E-state index is 12.2. The second-order valence-corrected chi connectivity index (χ2v) is 5.92. The van der Waals surface area contributed by atoms with Gasteiger partial charge in [-0.15, -0.1) is 0 Å². The lowest BCUT2D eigenvalue weighted by Crippen LogP contribution is -2.51. The van der Waals surface area contributed by atoms with Crippen molar-refractivity contribution >= 4 is 5.91 Å². The van der Waals surface area contributed by atoms with Gasteiger partial charge < -0.3 is 11.1 Å². The van der Waals surface area contributed by atoms with Gasteiger partial charge in [0, 0.05) is 25.1 Å². The van der Waals surface area contributed by atoms with Crippen molar-refractivity contribution in [2.24, 2.45) is 5.73 Å². The van der Waals surface area contributed by atoms with Gasteiger partial charge in [0.1, 0.15) is 11.6 Å². The van der Waals surface area contributed by atoms with E-state index in [9.17, 15) is 4.79 Å². The minimum Gasteiger partial charge on any atom is -0.350 e. The second-order valence-electron chi connectivity index (χ2n) is 5.92. The Morgan fingerprint density at radius 2 is 2.14 bits per heavy atom. The number of pyridine rings is 1. The van der Waals surface area contributed by atoms with Crippen molar-refractivity contribution in [2.45, 2.75) is 44.7 Å². The van der Waals surface area contributed by atoms with Crippen LogP contribution in [0.1, 0.15) is 37.1 Å². The zero-order valence-corrected chi connectivity index (χ0v) is 12.7. The molecule has 2 heterocycles. The van der Waals surface area contributed by atoms with Crippen molar-refractivity contribution in [3.63, 3.8) is 0 Å². The third-order valence-corrected chi connectivity index (χ3v) is 4.28. The average molecular weight is 299 g/mol. The first kappa shape index (κ1) is 14.7. The number of carbonyl (C=O) groups is 1. The standard InChI is InChI=1S/C16H21N5O/c1-12-18-8-9-21(12)14-5-4-13(10-19-14)11-20-15(22)16(17)6-2-3-7-16/h4-5,8-10H,2-3,6-7,11,17H2,1H3,(H,20,22). The minimum atomic E-state index is -0.679. The number of imidazole rings is 1.